The maximum atomic E-state index is 13.8. The summed E-state index contributed by atoms with van der Waals surface area (Å²) in [5, 5.41) is 2.41. The predicted molar refractivity (Wildman–Crippen MR) is 64.5 cm³/mol. The number of hydrogen-bond donors (Lipinski definition) is 1. The first kappa shape index (κ1) is 12.5. The number of nitrogens with zero attached hydrogens (tertiary/aromatic N) is 1. The van der Waals surface area contributed by atoms with E-state index < -0.39 is 17.5 Å². The molecule has 1 amide bonds. The van der Waals surface area contributed by atoms with Crippen molar-refractivity contribution in [2.24, 2.45) is 0 Å². The summed E-state index contributed by atoms with van der Waals surface area (Å²) in [5.41, 5.74) is 0.757. The van der Waals surface area contributed by atoms with Crippen LogP contribution in [0, 0.1) is 5.82 Å². The normalized spacial score (nSPS) is 13.5. The van der Waals surface area contributed by atoms with Crippen molar-refractivity contribution in [3.05, 3.63) is 23.5 Å². The number of anilines is 2. The maximum Gasteiger partial charge on any atom is 0.296 e. The van der Waals surface area contributed by atoms with Gasteiger partial charge in [0.15, 0.2) is 0 Å². The fourth-order valence-electron chi connectivity index (χ4n) is 1.80. The molecule has 5 nitrogen and oxygen atoms in total. The Morgan fingerprint density at radius 1 is 1.39 bits per heavy atom. The van der Waals surface area contributed by atoms with Crippen LogP contribution >= 0.6 is 0 Å². The fourth-order valence-corrected chi connectivity index (χ4v) is 1.80. The standard InChI is InChI=1S/C12H13FN2O3/c1-15(3-4-18-2)10-6-9-7(5-8(10)13)11(16)12(17)14-9/h5-6H,3-4H2,1-2H3,(H,14,16,17). The lowest BCUT2D eigenvalue weighted by Crippen LogP contribution is -2.23. The first-order valence-corrected chi connectivity index (χ1v) is 5.44. The van der Waals surface area contributed by atoms with Gasteiger partial charge in [0, 0.05) is 20.7 Å². The molecule has 1 aromatic carbocycles. The molecule has 1 aliphatic heterocycles. The molecule has 0 saturated carbocycles. The van der Waals surface area contributed by atoms with E-state index in [1.807, 2.05) is 0 Å². The average Bonchev–Trinajstić information content (AvgIpc) is 2.62. The van der Waals surface area contributed by atoms with Crippen LogP contribution < -0.4 is 10.2 Å². The first-order chi connectivity index (χ1) is 8.54. The average molecular weight is 252 g/mol. The number of benzene rings is 1. The van der Waals surface area contributed by atoms with Crippen molar-refractivity contribution in [3.63, 3.8) is 0 Å². The third-order valence-corrected chi connectivity index (χ3v) is 2.83. The minimum absolute atomic E-state index is 0.0846. The van der Waals surface area contributed by atoms with Gasteiger partial charge in [0.05, 0.1) is 23.5 Å². The Morgan fingerprint density at radius 2 is 2.11 bits per heavy atom. The Labute approximate surface area is 104 Å². The highest BCUT2D eigenvalue weighted by Crippen LogP contribution is 2.30. The van der Waals surface area contributed by atoms with Crippen LogP contribution in [-0.4, -0.2) is 39.0 Å². The van der Waals surface area contributed by atoms with Gasteiger partial charge in [-0.15, -0.1) is 0 Å². The van der Waals surface area contributed by atoms with Crippen LogP contribution in [0.3, 0.4) is 0 Å². The third kappa shape index (κ3) is 2.06. The number of methoxy groups -OCH3 is 1. The molecule has 0 saturated heterocycles. The van der Waals surface area contributed by atoms with Crippen molar-refractivity contribution in [2.45, 2.75) is 0 Å². The molecule has 1 N–H and O–H groups in total. The van der Waals surface area contributed by atoms with E-state index in [9.17, 15) is 14.0 Å². The van der Waals surface area contributed by atoms with Crippen molar-refractivity contribution in [2.75, 3.05) is 37.5 Å². The van der Waals surface area contributed by atoms with E-state index in [0.29, 0.717) is 24.5 Å². The minimum atomic E-state index is -0.721. The third-order valence-electron chi connectivity index (χ3n) is 2.83. The SMILES string of the molecule is COCCN(C)c1cc2c(cc1F)C(=O)C(=O)N2. The lowest BCUT2D eigenvalue weighted by atomic mass is 10.1. The van der Waals surface area contributed by atoms with Gasteiger partial charge in [-0.25, -0.2) is 4.39 Å². The summed E-state index contributed by atoms with van der Waals surface area (Å²) in [6.07, 6.45) is 0. The largest absolute Gasteiger partial charge is 0.383 e. The highest BCUT2D eigenvalue weighted by molar-refractivity contribution is 6.51. The Balaban J connectivity index is 2.32. The number of likely N-dealkylation sites (N-methyl/N-ethyl adjacent to an activating group) is 1. The predicted octanol–water partition coefficient (Wildman–Crippen LogP) is 1.04. The van der Waals surface area contributed by atoms with Gasteiger partial charge >= 0.3 is 0 Å². The second-order valence-electron chi connectivity index (χ2n) is 4.05. The lowest BCUT2D eigenvalue weighted by molar-refractivity contribution is -0.112. The van der Waals surface area contributed by atoms with E-state index in [-0.39, 0.29) is 5.56 Å². The second-order valence-corrected chi connectivity index (χ2v) is 4.05. The number of nitrogens with one attached hydrogen (secondary N) is 1. The molecule has 0 radical (unpaired) electrons. The zero-order valence-electron chi connectivity index (χ0n) is 10.1. The van der Waals surface area contributed by atoms with Gasteiger partial charge < -0.3 is 15.0 Å². The Hall–Kier alpha value is -1.95. The van der Waals surface area contributed by atoms with Crippen LogP contribution in [0.5, 0.6) is 0 Å². The van der Waals surface area contributed by atoms with E-state index in [2.05, 4.69) is 5.32 Å². The van der Waals surface area contributed by atoms with Crippen molar-refractivity contribution < 1.29 is 18.7 Å². The summed E-state index contributed by atoms with van der Waals surface area (Å²) < 4.78 is 18.8. The molecule has 96 valence electrons. The van der Waals surface area contributed by atoms with E-state index in [1.54, 1.807) is 19.1 Å². The molecule has 0 fully saturated rings. The number of amides is 1. The Morgan fingerprint density at radius 3 is 2.78 bits per heavy atom. The number of ketones is 1. The number of rotatable bonds is 4. The van der Waals surface area contributed by atoms with Crippen LogP contribution in [0.15, 0.2) is 12.1 Å². The molecule has 1 aromatic rings. The van der Waals surface area contributed by atoms with Gasteiger partial charge in [0.2, 0.25) is 0 Å². The molecule has 1 aliphatic rings. The van der Waals surface area contributed by atoms with Crippen LogP contribution in [0.25, 0.3) is 0 Å². The number of hydrogen-bond acceptors (Lipinski definition) is 4. The zero-order valence-corrected chi connectivity index (χ0v) is 10.1. The highest BCUT2D eigenvalue weighted by atomic mass is 19.1. The minimum Gasteiger partial charge on any atom is -0.383 e. The Bertz CT molecular complexity index is 516. The van der Waals surface area contributed by atoms with Gasteiger partial charge in [-0.1, -0.05) is 0 Å². The van der Waals surface area contributed by atoms with E-state index in [4.69, 9.17) is 4.74 Å². The van der Waals surface area contributed by atoms with Gasteiger partial charge in [0.1, 0.15) is 5.82 Å². The van der Waals surface area contributed by atoms with Gasteiger partial charge in [-0.3, -0.25) is 9.59 Å². The number of ether oxygens (including phenoxy) is 1. The first-order valence-electron chi connectivity index (χ1n) is 5.44. The topological polar surface area (TPSA) is 58.6 Å². The number of fused-ring (bicyclic) bond motifs is 1. The number of halogens is 1. The molecule has 6 heteroatoms. The van der Waals surface area contributed by atoms with Crippen LogP contribution in [-0.2, 0) is 9.53 Å². The van der Waals surface area contributed by atoms with Gasteiger partial charge in [-0.2, -0.15) is 0 Å². The maximum absolute atomic E-state index is 13.8. The van der Waals surface area contributed by atoms with E-state index in [0.717, 1.165) is 6.07 Å². The summed E-state index contributed by atoms with van der Waals surface area (Å²) in [6, 6.07) is 2.55. The van der Waals surface area contributed by atoms with E-state index in [1.165, 1.54) is 6.07 Å². The zero-order chi connectivity index (χ0) is 13.3. The molecule has 0 aromatic heterocycles. The molecule has 0 atom stereocenters. The molecular weight excluding hydrogens is 239 g/mol. The van der Waals surface area contributed by atoms with Crippen LogP contribution in [0.2, 0.25) is 0 Å². The highest BCUT2D eigenvalue weighted by Gasteiger charge is 2.29. The van der Waals surface area contributed by atoms with Gasteiger partial charge in [0.25, 0.3) is 11.7 Å². The number of carbonyl (C=O) groups is 2. The number of Topliss-reactive ketones (excluding diaryl/α,β-unsaturated/α-hetero) is 1. The quantitative estimate of drug-likeness (QED) is 0.813. The smallest absolute Gasteiger partial charge is 0.296 e. The molecule has 0 bridgehead atoms. The molecule has 2 rings (SSSR count). The number of carbonyl (C=O) groups excluding carboxylic acids is 2. The lowest BCUT2D eigenvalue weighted by Gasteiger charge is -2.20. The molecule has 0 aliphatic carbocycles. The summed E-state index contributed by atoms with van der Waals surface area (Å²) in [4.78, 5) is 24.2. The molecule has 0 unspecified atom stereocenters. The van der Waals surface area contributed by atoms with E-state index >= 15 is 0 Å². The Kier molecular flexibility index (Phi) is 3.29. The molecule has 1 heterocycles. The second kappa shape index (κ2) is 4.73. The van der Waals surface area contributed by atoms with Crippen molar-refractivity contribution in [1.29, 1.82) is 0 Å². The summed E-state index contributed by atoms with van der Waals surface area (Å²) in [7, 11) is 3.27. The summed E-state index contributed by atoms with van der Waals surface area (Å²) in [6.45, 7) is 0.965. The van der Waals surface area contributed by atoms with Crippen LogP contribution in [0.1, 0.15) is 10.4 Å². The van der Waals surface area contributed by atoms with Gasteiger partial charge in [-0.05, 0) is 12.1 Å². The summed E-state index contributed by atoms with van der Waals surface area (Å²) in [5.74, 6) is -1.95. The molecule has 18 heavy (non-hydrogen) atoms. The monoisotopic (exact) mass is 252 g/mol. The molecule has 0 spiro atoms. The van der Waals surface area contributed by atoms with Crippen molar-refractivity contribution in [1.82, 2.24) is 0 Å². The van der Waals surface area contributed by atoms with Crippen molar-refractivity contribution in [3.8, 4) is 0 Å². The molecular formula is C12H13FN2O3. The van der Waals surface area contributed by atoms with Crippen LogP contribution in [0.4, 0.5) is 15.8 Å². The fraction of sp³-hybridized carbons (Fsp3) is 0.333. The summed E-state index contributed by atoms with van der Waals surface area (Å²) >= 11 is 0. The van der Waals surface area contributed by atoms with Crippen molar-refractivity contribution >= 4 is 23.1 Å².